The quantitative estimate of drug-likeness (QED) is 0.811. The van der Waals surface area contributed by atoms with Gasteiger partial charge in [0.15, 0.2) is 0 Å². The van der Waals surface area contributed by atoms with E-state index < -0.39 is 12.1 Å². The number of carboxylic acids is 1. The molecule has 2 saturated heterocycles. The molecule has 3 fully saturated rings. The van der Waals surface area contributed by atoms with E-state index in [9.17, 15) is 18.0 Å². The minimum absolute atomic E-state index is 0.199. The lowest BCUT2D eigenvalue weighted by Gasteiger charge is -2.24. The number of nitrogens with zero attached hydrogens (tertiary/aromatic N) is 3. The number of carbonyl (C=O) groups is 2. The summed E-state index contributed by atoms with van der Waals surface area (Å²) in [5.74, 6) is -0.681. The number of aryl methyl sites for hydroxylation is 2. The van der Waals surface area contributed by atoms with Gasteiger partial charge in [-0.05, 0) is 45.6 Å². The van der Waals surface area contributed by atoms with Crippen LogP contribution in [0.5, 0.6) is 0 Å². The summed E-state index contributed by atoms with van der Waals surface area (Å²) in [6.07, 6.45) is -0.387. The molecular weight excluding hydrogens is 391 g/mol. The van der Waals surface area contributed by atoms with Crippen LogP contribution in [0.3, 0.4) is 0 Å². The number of carboxylic acid groups (broad SMARTS) is 1. The average Bonchev–Trinajstić information content (AvgIpc) is 3.16. The Bertz CT molecular complexity index is 756. The zero-order chi connectivity index (χ0) is 21.4. The number of aromatic nitrogens is 1. The molecule has 1 aliphatic carbocycles. The lowest BCUT2D eigenvalue weighted by atomic mass is 9.86. The van der Waals surface area contributed by atoms with E-state index in [1.54, 1.807) is 0 Å². The van der Waals surface area contributed by atoms with E-state index in [-0.39, 0.29) is 5.41 Å². The Morgan fingerprint density at radius 3 is 2.48 bits per heavy atom. The van der Waals surface area contributed by atoms with Crippen LogP contribution in [0.4, 0.5) is 13.2 Å². The zero-order valence-corrected chi connectivity index (χ0v) is 16.6. The molecule has 1 saturated carbocycles. The topological polar surface area (TPSA) is 86.9 Å². The van der Waals surface area contributed by atoms with Crippen LogP contribution in [-0.2, 0) is 16.1 Å². The van der Waals surface area contributed by atoms with Crippen molar-refractivity contribution in [3.05, 3.63) is 17.0 Å². The van der Waals surface area contributed by atoms with Gasteiger partial charge >= 0.3 is 12.1 Å². The second-order valence-electron chi connectivity index (χ2n) is 8.46. The van der Waals surface area contributed by atoms with Crippen molar-refractivity contribution in [2.45, 2.75) is 52.3 Å². The van der Waals surface area contributed by atoms with Gasteiger partial charge in [0, 0.05) is 37.0 Å². The largest absolute Gasteiger partial charge is 0.490 e. The van der Waals surface area contributed by atoms with Crippen LogP contribution in [0.1, 0.15) is 42.7 Å². The summed E-state index contributed by atoms with van der Waals surface area (Å²) in [5.41, 5.74) is 2.19. The van der Waals surface area contributed by atoms with Crippen LogP contribution in [0.15, 0.2) is 4.52 Å². The Morgan fingerprint density at radius 1 is 1.31 bits per heavy atom. The lowest BCUT2D eigenvalue weighted by molar-refractivity contribution is -0.192. The maximum atomic E-state index is 12.5. The third kappa shape index (κ3) is 5.29. The molecule has 2 aliphatic heterocycles. The van der Waals surface area contributed by atoms with Gasteiger partial charge in [0.05, 0.1) is 12.2 Å². The van der Waals surface area contributed by atoms with Crippen molar-refractivity contribution < 1.29 is 32.4 Å². The third-order valence-electron chi connectivity index (χ3n) is 5.91. The van der Waals surface area contributed by atoms with Crippen LogP contribution >= 0.6 is 0 Å². The summed E-state index contributed by atoms with van der Waals surface area (Å²) in [7, 11) is 0. The first kappa shape index (κ1) is 21.6. The fourth-order valence-electron chi connectivity index (χ4n) is 4.17. The van der Waals surface area contributed by atoms with Crippen molar-refractivity contribution >= 4 is 11.9 Å². The van der Waals surface area contributed by atoms with E-state index in [1.807, 2.05) is 18.7 Å². The molecule has 1 amide bonds. The number of aliphatic carboxylic acids is 1. The molecule has 29 heavy (non-hydrogen) atoms. The van der Waals surface area contributed by atoms with E-state index in [2.05, 4.69) is 10.1 Å². The average molecular weight is 417 g/mol. The van der Waals surface area contributed by atoms with Crippen LogP contribution in [0, 0.1) is 25.2 Å². The minimum Gasteiger partial charge on any atom is -0.475 e. The second-order valence-corrected chi connectivity index (χ2v) is 8.46. The van der Waals surface area contributed by atoms with Gasteiger partial charge in [-0.1, -0.05) is 5.16 Å². The van der Waals surface area contributed by atoms with Gasteiger partial charge in [-0.2, -0.15) is 13.2 Å². The van der Waals surface area contributed by atoms with Gasteiger partial charge < -0.3 is 19.4 Å². The number of alkyl halides is 3. The summed E-state index contributed by atoms with van der Waals surface area (Å²) in [4.78, 5) is 26.0. The Morgan fingerprint density at radius 2 is 1.97 bits per heavy atom. The number of hydrogen-bond acceptors (Lipinski definition) is 5. The standard InChI is InChI=1S/C17H25N3O2.C2HF3O2/c1-12-15(13(2)22-18-12)9-20-11-17(7-16(20)21)5-6-19(10-17)8-14-3-4-14;3-2(4,5)1(6)7/h14H,3-11H2,1-2H3;(H,6,7). The molecule has 0 aromatic carbocycles. The van der Waals surface area contributed by atoms with E-state index >= 15 is 0 Å². The molecule has 0 radical (unpaired) electrons. The Hall–Kier alpha value is -2.10. The second kappa shape index (κ2) is 7.97. The molecule has 0 bridgehead atoms. The lowest BCUT2D eigenvalue weighted by Crippen LogP contribution is -2.32. The fraction of sp³-hybridized carbons (Fsp3) is 0.737. The molecule has 3 aliphatic rings. The van der Waals surface area contributed by atoms with Gasteiger partial charge in [0.2, 0.25) is 5.91 Å². The zero-order valence-electron chi connectivity index (χ0n) is 16.6. The molecule has 1 aromatic rings. The van der Waals surface area contributed by atoms with Crippen molar-refractivity contribution in [1.29, 1.82) is 0 Å². The first-order valence-electron chi connectivity index (χ1n) is 9.71. The van der Waals surface area contributed by atoms with Crippen LogP contribution < -0.4 is 0 Å². The number of halogens is 3. The molecule has 1 aromatic heterocycles. The highest BCUT2D eigenvalue weighted by atomic mass is 19.4. The number of likely N-dealkylation sites (tertiary alicyclic amines) is 2. The van der Waals surface area contributed by atoms with Gasteiger partial charge in [-0.15, -0.1) is 0 Å². The molecule has 1 atom stereocenters. The predicted molar refractivity (Wildman–Crippen MR) is 95.9 cm³/mol. The van der Waals surface area contributed by atoms with Crippen molar-refractivity contribution in [1.82, 2.24) is 15.0 Å². The smallest absolute Gasteiger partial charge is 0.475 e. The highest BCUT2D eigenvalue weighted by Gasteiger charge is 2.48. The van der Waals surface area contributed by atoms with E-state index in [4.69, 9.17) is 14.4 Å². The number of amides is 1. The Labute approximate surface area is 166 Å². The number of carbonyl (C=O) groups excluding carboxylic acids is 1. The van der Waals surface area contributed by atoms with Crippen molar-refractivity contribution in [2.24, 2.45) is 11.3 Å². The minimum atomic E-state index is -5.08. The molecule has 7 nitrogen and oxygen atoms in total. The fourth-order valence-corrected chi connectivity index (χ4v) is 4.17. The van der Waals surface area contributed by atoms with Crippen LogP contribution in [-0.4, -0.2) is 64.3 Å². The Balaban J connectivity index is 0.000000298. The number of hydrogen-bond donors (Lipinski definition) is 1. The van der Waals surface area contributed by atoms with Gasteiger partial charge in [-0.25, -0.2) is 4.79 Å². The molecule has 10 heteroatoms. The predicted octanol–water partition coefficient (Wildman–Crippen LogP) is 2.76. The van der Waals surface area contributed by atoms with E-state index in [0.29, 0.717) is 12.5 Å². The molecule has 3 heterocycles. The van der Waals surface area contributed by atoms with Crippen molar-refractivity contribution in [3.63, 3.8) is 0 Å². The maximum Gasteiger partial charge on any atom is 0.490 e. The van der Waals surface area contributed by atoms with Crippen molar-refractivity contribution in [3.8, 4) is 0 Å². The third-order valence-corrected chi connectivity index (χ3v) is 5.91. The Kier molecular flexibility index (Phi) is 5.93. The van der Waals surface area contributed by atoms with Gasteiger partial charge in [-0.3, -0.25) is 4.79 Å². The highest BCUT2D eigenvalue weighted by Crippen LogP contribution is 2.42. The van der Waals surface area contributed by atoms with Gasteiger partial charge in [0.25, 0.3) is 0 Å². The SMILES string of the molecule is Cc1noc(C)c1CN1CC2(CCN(CC3CC3)C2)CC1=O.O=C(O)C(F)(F)F. The summed E-state index contributed by atoms with van der Waals surface area (Å²) in [6.45, 7) is 8.96. The van der Waals surface area contributed by atoms with Crippen LogP contribution in [0.2, 0.25) is 0 Å². The molecular formula is C19H26F3N3O4. The maximum absolute atomic E-state index is 12.5. The molecule has 4 rings (SSSR count). The van der Waals surface area contributed by atoms with E-state index in [0.717, 1.165) is 42.4 Å². The normalized spacial score (nSPS) is 24.9. The first-order valence-corrected chi connectivity index (χ1v) is 9.71. The first-order chi connectivity index (χ1) is 13.5. The van der Waals surface area contributed by atoms with Crippen molar-refractivity contribution in [2.75, 3.05) is 26.2 Å². The van der Waals surface area contributed by atoms with Gasteiger partial charge in [0.1, 0.15) is 5.76 Å². The molecule has 1 unspecified atom stereocenters. The summed E-state index contributed by atoms with van der Waals surface area (Å²) in [5, 5.41) is 11.1. The summed E-state index contributed by atoms with van der Waals surface area (Å²) < 4.78 is 37.0. The highest BCUT2D eigenvalue weighted by molar-refractivity contribution is 5.79. The molecule has 1 spiro atoms. The molecule has 162 valence electrons. The summed E-state index contributed by atoms with van der Waals surface area (Å²) in [6, 6.07) is 0. The molecule has 1 N–H and O–H groups in total. The van der Waals surface area contributed by atoms with E-state index in [1.165, 1.54) is 32.4 Å². The summed E-state index contributed by atoms with van der Waals surface area (Å²) >= 11 is 0. The van der Waals surface area contributed by atoms with Crippen LogP contribution in [0.25, 0.3) is 0 Å². The number of rotatable bonds is 4. The monoisotopic (exact) mass is 417 g/mol.